The van der Waals surface area contributed by atoms with Gasteiger partial charge in [0.15, 0.2) is 0 Å². The zero-order chi connectivity index (χ0) is 25.2. The molecular formula is C28H27FN4O3. The van der Waals surface area contributed by atoms with Gasteiger partial charge >= 0.3 is 0 Å². The van der Waals surface area contributed by atoms with Crippen molar-refractivity contribution in [2.75, 3.05) is 31.1 Å². The molecule has 0 N–H and O–H groups in total. The number of carbonyl (C=O) groups excluding carboxylic acids is 1. The van der Waals surface area contributed by atoms with Crippen molar-refractivity contribution in [2.45, 2.75) is 12.3 Å². The van der Waals surface area contributed by atoms with Crippen LogP contribution in [0.2, 0.25) is 0 Å². The van der Waals surface area contributed by atoms with Crippen LogP contribution in [-0.2, 0) is 11.8 Å². The molecule has 4 aromatic rings. The number of aromatic nitrogens is 1. The summed E-state index contributed by atoms with van der Waals surface area (Å²) >= 11 is 0. The van der Waals surface area contributed by atoms with E-state index >= 15 is 0 Å². The molecule has 8 heteroatoms. The molecule has 3 aromatic carbocycles. The maximum absolute atomic E-state index is 14.2. The topological polar surface area (TPSA) is 71.6 Å². The van der Waals surface area contributed by atoms with Crippen LogP contribution in [0.5, 0.6) is 0 Å². The minimum Gasteiger partial charge on any atom is -0.368 e. The van der Waals surface area contributed by atoms with Crippen molar-refractivity contribution >= 4 is 28.2 Å². The van der Waals surface area contributed by atoms with E-state index < -0.39 is 4.92 Å². The summed E-state index contributed by atoms with van der Waals surface area (Å²) in [5, 5.41) is 12.0. The van der Waals surface area contributed by atoms with Crippen molar-refractivity contribution < 1.29 is 14.1 Å². The Bertz CT molecular complexity index is 1410. The predicted octanol–water partition coefficient (Wildman–Crippen LogP) is 5.10. The lowest BCUT2D eigenvalue weighted by molar-refractivity contribution is -0.384. The molecule has 1 saturated heterocycles. The third kappa shape index (κ3) is 4.66. The Labute approximate surface area is 208 Å². The third-order valence-corrected chi connectivity index (χ3v) is 6.99. The minimum atomic E-state index is -0.411. The molecule has 1 aliphatic rings. The van der Waals surface area contributed by atoms with E-state index in [1.165, 1.54) is 24.3 Å². The number of nitrogens with zero attached hydrogens (tertiary/aromatic N) is 4. The summed E-state index contributed by atoms with van der Waals surface area (Å²) in [4.78, 5) is 28.0. The number of halogens is 1. The molecule has 1 aromatic heterocycles. The fourth-order valence-electron chi connectivity index (χ4n) is 5.08. The highest BCUT2D eigenvalue weighted by Crippen LogP contribution is 2.35. The molecule has 1 unspecified atom stereocenters. The number of aryl methyl sites for hydroxylation is 1. The normalized spacial score (nSPS) is 14.7. The molecule has 1 atom stereocenters. The van der Waals surface area contributed by atoms with Crippen molar-refractivity contribution in [3.05, 3.63) is 106 Å². The first-order valence-electron chi connectivity index (χ1n) is 12.0. The van der Waals surface area contributed by atoms with Crippen LogP contribution in [0.15, 0.2) is 79.0 Å². The third-order valence-electron chi connectivity index (χ3n) is 6.99. The van der Waals surface area contributed by atoms with E-state index in [-0.39, 0.29) is 29.8 Å². The van der Waals surface area contributed by atoms with Crippen molar-refractivity contribution in [3.8, 4) is 0 Å². The van der Waals surface area contributed by atoms with Crippen molar-refractivity contribution in [3.63, 3.8) is 0 Å². The van der Waals surface area contributed by atoms with Gasteiger partial charge in [-0.25, -0.2) is 4.39 Å². The van der Waals surface area contributed by atoms with Crippen LogP contribution < -0.4 is 4.90 Å². The van der Waals surface area contributed by atoms with Gasteiger partial charge in [-0.1, -0.05) is 30.3 Å². The number of rotatable bonds is 6. The van der Waals surface area contributed by atoms with Crippen LogP contribution in [0.1, 0.15) is 23.5 Å². The Kier molecular flexibility index (Phi) is 6.41. The molecule has 0 bridgehead atoms. The molecule has 184 valence electrons. The Hall–Kier alpha value is -4.20. The van der Waals surface area contributed by atoms with Gasteiger partial charge in [0.1, 0.15) is 5.82 Å². The number of hydrogen-bond acceptors (Lipinski definition) is 4. The first kappa shape index (κ1) is 23.5. The summed E-state index contributed by atoms with van der Waals surface area (Å²) in [5.74, 6) is -0.561. The van der Waals surface area contributed by atoms with Crippen LogP contribution in [-0.4, -0.2) is 46.5 Å². The number of hydrogen-bond donors (Lipinski definition) is 0. The highest BCUT2D eigenvalue weighted by Gasteiger charge is 2.27. The average molecular weight is 487 g/mol. The molecule has 0 saturated carbocycles. The summed E-state index contributed by atoms with van der Waals surface area (Å²) in [6, 6.07) is 21.1. The van der Waals surface area contributed by atoms with Crippen LogP contribution in [0.3, 0.4) is 0 Å². The van der Waals surface area contributed by atoms with Crippen LogP contribution in [0, 0.1) is 15.9 Å². The fourth-order valence-corrected chi connectivity index (χ4v) is 5.08. The molecule has 0 radical (unpaired) electrons. The lowest BCUT2D eigenvalue weighted by Gasteiger charge is -2.36. The van der Waals surface area contributed by atoms with Crippen LogP contribution in [0.25, 0.3) is 10.9 Å². The summed E-state index contributed by atoms with van der Waals surface area (Å²) in [5.41, 5.74) is 3.82. The summed E-state index contributed by atoms with van der Waals surface area (Å²) in [7, 11) is 1.98. The highest BCUT2D eigenvalue weighted by molar-refractivity contribution is 5.86. The Morgan fingerprint density at radius 3 is 2.42 bits per heavy atom. The van der Waals surface area contributed by atoms with Crippen molar-refractivity contribution in [2.24, 2.45) is 7.05 Å². The first-order chi connectivity index (χ1) is 17.4. The van der Waals surface area contributed by atoms with Gasteiger partial charge < -0.3 is 14.4 Å². The summed E-state index contributed by atoms with van der Waals surface area (Å²) in [6.07, 6.45) is 2.29. The summed E-state index contributed by atoms with van der Waals surface area (Å²) in [6.45, 7) is 2.40. The molecule has 2 heterocycles. The van der Waals surface area contributed by atoms with Gasteiger partial charge in [-0.2, -0.15) is 0 Å². The number of piperazine rings is 1. The largest absolute Gasteiger partial charge is 0.368 e. The Balaban J connectivity index is 1.34. The zero-order valence-corrected chi connectivity index (χ0v) is 20.0. The van der Waals surface area contributed by atoms with Crippen LogP contribution in [0.4, 0.5) is 15.8 Å². The number of non-ortho nitro benzene ring substituents is 1. The van der Waals surface area contributed by atoms with Gasteiger partial charge in [0.05, 0.1) is 4.92 Å². The van der Waals surface area contributed by atoms with Crippen LogP contribution >= 0.6 is 0 Å². The number of anilines is 1. The van der Waals surface area contributed by atoms with Gasteiger partial charge in [0.2, 0.25) is 5.91 Å². The molecule has 0 spiro atoms. The first-order valence-corrected chi connectivity index (χ1v) is 12.0. The number of amides is 1. The van der Waals surface area contributed by atoms with Crippen molar-refractivity contribution in [1.82, 2.24) is 9.47 Å². The standard InChI is InChI=1S/C28H27FN4O3/c1-30-19-26(24-7-2-3-8-27(24)30)25(20-5-4-6-21(29)17-20)18-28(34)32-15-13-31(14-16-32)22-9-11-23(12-10-22)33(35)36/h2-12,17,19,25H,13-16,18H2,1H3. The number of nitro benzene ring substituents is 1. The van der Waals surface area contributed by atoms with Crippen molar-refractivity contribution in [1.29, 1.82) is 0 Å². The average Bonchev–Trinajstić information content (AvgIpc) is 3.23. The number of benzene rings is 3. The molecule has 1 aliphatic heterocycles. The highest BCUT2D eigenvalue weighted by atomic mass is 19.1. The second kappa shape index (κ2) is 9.81. The Morgan fingerprint density at radius 1 is 1.00 bits per heavy atom. The van der Waals surface area contributed by atoms with Gasteiger partial charge in [0, 0.05) is 80.5 Å². The van der Waals surface area contributed by atoms with E-state index in [9.17, 15) is 19.3 Å². The van der Waals surface area contributed by atoms with E-state index in [1.54, 1.807) is 18.2 Å². The van der Waals surface area contributed by atoms with E-state index in [0.717, 1.165) is 27.7 Å². The molecule has 5 rings (SSSR count). The molecular weight excluding hydrogens is 459 g/mol. The van der Waals surface area contributed by atoms with Gasteiger partial charge in [-0.3, -0.25) is 14.9 Å². The molecule has 1 amide bonds. The monoisotopic (exact) mass is 486 g/mol. The molecule has 0 aliphatic carbocycles. The smallest absolute Gasteiger partial charge is 0.269 e. The number of fused-ring (bicyclic) bond motifs is 1. The van der Waals surface area contributed by atoms with E-state index in [1.807, 2.05) is 53.0 Å². The predicted molar refractivity (Wildman–Crippen MR) is 138 cm³/mol. The number of para-hydroxylation sites is 1. The lowest BCUT2D eigenvalue weighted by Crippen LogP contribution is -2.49. The van der Waals surface area contributed by atoms with Gasteiger partial charge in [-0.15, -0.1) is 0 Å². The summed E-state index contributed by atoms with van der Waals surface area (Å²) < 4.78 is 16.2. The fraction of sp³-hybridized carbons (Fsp3) is 0.250. The zero-order valence-electron chi connectivity index (χ0n) is 20.0. The van der Waals surface area contributed by atoms with Gasteiger partial charge in [-0.05, 0) is 41.5 Å². The molecule has 36 heavy (non-hydrogen) atoms. The maximum Gasteiger partial charge on any atom is 0.269 e. The molecule has 1 fully saturated rings. The Morgan fingerprint density at radius 2 is 1.72 bits per heavy atom. The van der Waals surface area contributed by atoms with Gasteiger partial charge in [0.25, 0.3) is 5.69 Å². The minimum absolute atomic E-state index is 0.0283. The SMILES string of the molecule is Cn1cc(C(CC(=O)N2CCN(c3ccc([N+](=O)[O-])cc3)CC2)c2cccc(F)c2)c2ccccc21. The van der Waals surface area contributed by atoms with E-state index in [2.05, 4.69) is 4.90 Å². The van der Waals surface area contributed by atoms with E-state index in [4.69, 9.17) is 0 Å². The second-order valence-corrected chi connectivity index (χ2v) is 9.17. The van der Waals surface area contributed by atoms with E-state index in [0.29, 0.717) is 26.2 Å². The second-order valence-electron chi connectivity index (χ2n) is 9.17. The lowest BCUT2D eigenvalue weighted by atomic mass is 9.87. The number of carbonyl (C=O) groups is 1. The maximum atomic E-state index is 14.2. The quantitative estimate of drug-likeness (QED) is 0.281. The molecule has 7 nitrogen and oxygen atoms in total. The number of nitro groups is 1.